The molecule has 0 saturated carbocycles. The summed E-state index contributed by atoms with van der Waals surface area (Å²) >= 11 is 1.27. The van der Waals surface area contributed by atoms with E-state index in [0.717, 1.165) is 25.2 Å². The lowest BCUT2D eigenvalue weighted by molar-refractivity contribution is 0.0954. The van der Waals surface area contributed by atoms with Crippen LogP contribution in [0, 0.1) is 6.92 Å². The smallest absolute Gasteiger partial charge is 0.262 e. The van der Waals surface area contributed by atoms with Crippen LogP contribution in [0.15, 0.2) is 35.4 Å². The summed E-state index contributed by atoms with van der Waals surface area (Å²) in [7, 11) is 1.67. The van der Waals surface area contributed by atoms with Crippen molar-refractivity contribution in [3.05, 3.63) is 62.5 Å². The van der Waals surface area contributed by atoms with Gasteiger partial charge in [0, 0.05) is 20.1 Å². The van der Waals surface area contributed by atoms with Crippen molar-refractivity contribution in [2.24, 2.45) is 7.05 Å². The number of hydrogen-bond donors (Lipinski definition) is 1. The van der Waals surface area contributed by atoms with Gasteiger partial charge in [0.2, 0.25) is 0 Å². The van der Waals surface area contributed by atoms with Crippen molar-refractivity contribution in [3.63, 3.8) is 0 Å². The second-order valence-corrected chi connectivity index (χ2v) is 7.81. The SMILES string of the molecule is CCN(CC)Cc1ccccc1CNC(=O)c1sc2ncn(C)c(=O)c2c1C. The fourth-order valence-corrected chi connectivity index (χ4v) is 4.31. The average Bonchev–Trinajstić information content (AvgIpc) is 3.05. The quantitative estimate of drug-likeness (QED) is 0.664. The van der Waals surface area contributed by atoms with Gasteiger partial charge in [-0.25, -0.2) is 4.98 Å². The Kier molecular flexibility index (Phi) is 6.26. The van der Waals surface area contributed by atoms with Gasteiger partial charge in [-0.3, -0.25) is 14.5 Å². The fraction of sp³-hybridized carbons (Fsp3) is 0.381. The fourth-order valence-electron chi connectivity index (χ4n) is 3.25. The van der Waals surface area contributed by atoms with Crippen molar-refractivity contribution in [3.8, 4) is 0 Å². The lowest BCUT2D eigenvalue weighted by Crippen LogP contribution is -2.26. The maximum atomic E-state index is 12.8. The highest BCUT2D eigenvalue weighted by molar-refractivity contribution is 7.20. The minimum absolute atomic E-state index is 0.123. The predicted molar refractivity (Wildman–Crippen MR) is 114 cm³/mol. The number of nitrogens with one attached hydrogen (secondary N) is 1. The van der Waals surface area contributed by atoms with Crippen molar-refractivity contribution in [2.45, 2.75) is 33.9 Å². The first-order chi connectivity index (χ1) is 13.5. The first kappa shape index (κ1) is 20.2. The molecule has 0 unspecified atom stereocenters. The van der Waals surface area contributed by atoms with E-state index in [1.807, 2.05) is 25.1 Å². The molecule has 3 aromatic rings. The highest BCUT2D eigenvalue weighted by Crippen LogP contribution is 2.26. The molecule has 1 aromatic carbocycles. The van der Waals surface area contributed by atoms with E-state index in [1.54, 1.807) is 7.05 Å². The maximum Gasteiger partial charge on any atom is 0.262 e. The zero-order chi connectivity index (χ0) is 20.3. The van der Waals surface area contributed by atoms with Crippen LogP contribution < -0.4 is 10.9 Å². The Morgan fingerprint density at radius 3 is 2.57 bits per heavy atom. The number of nitrogens with zero attached hydrogens (tertiary/aromatic N) is 3. The topological polar surface area (TPSA) is 67.2 Å². The van der Waals surface area contributed by atoms with Gasteiger partial charge >= 0.3 is 0 Å². The number of fused-ring (bicyclic) bond motifs is 1. The number of benzene rings is 1. The molecule has 1 amide bonds. The Balaban J connectivity index is 1.80. The second kappa shape index (κ2) is 8.67. The Morgan fingerprint density at radius 2 is 1.89 bits per heavy atom. The number of hydrogen-bond acceptors (Lipinski definition) is 5. The zero-order valence-corrected chi connectivity index (χ0v) is 17.6. The summed E-state index contributed by atoms with van der Waals surface area (Å²) in [5.41, 5.74) is 2.90. The van der Waals surface area contributed by atoms with Gasteiger partial charge in [-0.15, -0.1) is 11.3 Å². The molecular formula is C21H26N4O2S. The third-order valence-corrected chi connectivity index (χ3v) is 6.26. The van der Waals surface area contributed by atoms with Gasteiger partial charge < -0.3 is 9.88 Å². The molecule has 0 radical (unpaired) electrons. The van der Waals surface area contributed by atoms with Crippen LogP contribution in [0.3, 0.4) is 0 Å². The lowest BCUT2D eigenvalue weighted by atomic mass is 10.1. The molecule has 7 heteroatoms. The third kappa shape index (κ3) is 4.00. The molecule has 0 aliphatic heterocycles. The van der Waals surface area contributed by atoms with Crippen molar-refractivity contribution in [2.75, 3.05) is 13.1 Å². The monoisotopic (exact) mass is 398 g/mol. The molecule has 0 spiro atoms. The van der Waals surface area contributed by atoms with Gasteiger partial charge in [-0.05, 0) is 36.7 Å². The summed E-state index contributed by atoms with van der Waals surface area (Å²) < 4.78 is 1.44. The van der Waals surface area contributed by atoms with Crippen LogP contribution in [-0.4, -0.2) is 33.4 Å². The molecule has 3 rings (SSSR count). The van der Waals surface area contributed by atoms with E-state index in [1.165, 1.54) is 27.8 Å². The summed E-state index contributed by atoms with van der Waals surface area (Å²) in [6, 6.07) is 8.18. The van der Waals surface area contributed by atoms with Crippen molar-refractivity contribution >= 4 is 27.5 Å². The van der Waals surface area contributed by atoms with E-state index in [0.29, 0.717) is 27.2 Å². The molecule has 0 aliphatic rings. The van der Waals surface area contributed by atoms with Crippen LogP contribution in [0.4, 0.5) is 0 Å². The number of carbonyl (C=O) groups excluding carboxylic acids is 1. The van der Waals surface area contributed by atoms with Gasteiger partial charge in [0.1, 0.15) is 4.83 Å². The maximum absolute atomic E-state index is 12.8. The van der Waals surface area contributed by atoms with Crippen LogP contribution >= 0.6 is 11.3 Å². The van der Waals surface area contributed by atoms with Crippen LogP contribution in [0.25, 0.3) is 10.2 Å². The largest absolute Gasteiger partial charge is 0.347 e. The minimum Gasteiger partial charge on any atom is -0.347 e. The number of carbonyl (C=O) groups is 1. The zero-order valence-electron chi connectivity index (χ0n) is 16.8. The third-order valence-electron chi connectivity index (χ3n) is 5.06. The molecule has 2 heterocycles. The molecule has 0 bridgehead atoms. The molecule has 0 atom stereocenters. The number of aryl methyl sites for hydroxylation is 2. The first-order valence-electron chi connectivity index (χ1n) is 9.48. The summed E-state index contributed by atoms with van der Waals surface area (Å²) in [6.45, 7) is 9.40. The van der Waals surface area contributed by atoms with E-state index in [2.05, 4.69) is 35.1 Å². The van der Waals surface area contributed by atoms with Gasteiger partial charge in [-0.2, -0.15) is 0 Å². The van der Waals surface area contributed by atoms with Gasteiger partial charge in [-0.1, -0.05) is 38.1 Å². The molecule has 6 nitrogen and oxygen atoms in total. The van der Waals surface area contributed by atoms with E-state index >= 15 is 0 Å². The lowest BCUT2D eigenvalue weighted by Gasteiger charge is -2.20. The Labute approximate surface area is 168 Å². The molecule has 0 saturated heterocycles. The Morgan fingerprint density at radius 1 is 1.21 bits per heavy atom. The summed E-state index contributed by atoms with van der Waals surface area (Å²) in [5, 5.41) is 3.55. The van der Waals surface area contributed by atoms with E-state index < -0.39 is 0 Å². The highest BCUT2D eigenvalue weighted by atomic mass is 32.1. The van der Waals surface area contributed by atoms with Crippen LogP contribution in [0.1, 0.15) is 40.2 Å². The molecule has 0 aliphatic carbocycles. The molecule has 2 aromatic heterocycles. The number of rotatable bonds is 7. The van der Waals surface area contributed by atoms with Crippen LogP contribution in [0.2, 0.25) is 0 Å². The van der Waals surface area contributed by atoms with Gasteiger partial charge in [0.05, 0.1) is 16.6 Å². The van der Waals surface area contributed by atoms with Crippen LogP contribution in [0.5, 0.6) is 0 Å². The highest BCUT2D eigenvalue weighted by Gasteiger charge is 2.19. The van der Waals surface area contributed by atoms with E-state index in [4.69, 9.17) is 0 Å². The number of aromatic nitrogens is 2. The van der Waals surface area contributed by atoms with Crippen molar-refractivity contribution in [1.82, 2.24) is 19.8 Å². The van der Waals surface area contributed by atoms with E-state index in [-0.39, 0.29) is 11.5 Å². The van der Waals surface area contributed by atoms with Crippen molar-refractivity contribution in [1.29, 1.82) is 0 Å². The number of thiophene rings is 1. The minimum atomic E-state index is -0.166. The predicted octanol–water partition coefficient (Wildman–Crippen LogP) is 3.08. The Bertz CT molecular complexity index is 1050. The number of amides is 1. The average molecular weight is 399 g/mol. The summed E-state index contributed by atoms with van der Waals surface area (Å²) in [4.78, 5) is 32.9. The second-order valence-electron chi connectivity index (χ2n) is 6.81. The van der Waals surface area contributed by atoms with Gasteiger partial charge in [0.25, 0.3) is 11.5 Å². The molecule has 28 heavy (non-hydrogen) atoms. The molecule has 0 fully saturated rings. The molecule has 148 valence electrons. The molecular weight excluding hydrogens is 372 g/mol. The summed E-state index contributed by atoms with van der Waals surface area (Å²) in [5.74, 6) is -0.166. The first-order valence-corrected chi connectivity index (χ1v) is 10.3. The van der Waals surface area contributed by atoms with Gasteiger partial charge in [0.15, 0.2) is 0 Å². The van der Waals surface area contributed by atoms with E-state index in [9.17, 15) is 9.59 Å². The molecule has 1 N–H and O–H groups in total. The standard InChI is InChI=1S/C21H26N4O2S/c1-5-25(6-2)12-16-10-8-7-9-15(16)11-22-19(26)18-14(3)17-20(28-18)23-13-24(4)21(17)27/h7-10,13H,5-6,11-12H2,1-4H3,(H,22,26). The van der Waals surface area contributed by atoms with Crippen LogP contribution in [-0.2, 0) is 20.1 Å². The summed E-state index contributed by atoms with van der Waals surface area (Å²) in [6.07, 6.45) is 1.49. The normalized spacial score (nSPS) is 11.3. The van der Waals surface area contributed by atoms with Crippen molar-refractivity contribution < 1.29 is 4.79 Å². The Hall–Kier alpha value is -2.51.